The van der Waals surface area contributed by atoms with Gasteiger partial charge in [0, 0.05) is 5.56 Å². The Labute approximate surface area is 290 Å². The molecular weight excluding hydrogens is 565 g/mol. The molecule has 4 rings (SSSR count). The zero-order valence-corrected chi connectivity index (χ0v) is 30.6. The number of unbranched alkanes of at least 4 members (excludes halogenated alkanes) is 8. The molecule has 4 aromatic carbocycles. The molecule has 0 spiro atoms. The van der Waals surface area contributed by atoms with Crippen LogP contribution in [0, 0.1) is 0 Å². The molecule has 2 heteroatoms. The van der Waals surface area contributed by atoms with Gasteiger partial charge in [-0.15, -0.1) is 0 Å². The number of hydrogen-bond acceptors (Lipinski definition) is 0. The van der Waals surface area contributed by atoms with Crippen LogP contribution in [0.4, 0.5) is 0 Å². The molecule has 0 aromatic heterocycles. The largest absolute Gasteiger partial charge is 0.320 e. The Morgan fingerprint density at radius 2 is 0.723 bits per heavy atom. The lowest BCUT2D eigenvalue weighted by molar-refractivity contribution is -0.941. The van der Waals surface area contributed by atoms with Crippen LogP contribution in [0.5, 0.6) is 0 Å². The van der Waals surface area contributed by atoms with Gasteiger partial charge >= 0.3 is 0 Å². The van der Waals surface area contributed by atoms with Crippen molar-refractivity contribution < 1.29 is 4.48 Å². The summed E-state index contributed by atoms with van der Waals surface area (Å²) in [5.74, 6) is 0. The Morgan fingerprint density at radius 1 is 0.383 bits per heavy atom. The van der Waals surface area contributed by atoms with Crippen molar-refractivity contribution >= 4 is 22.5 Å². The molecular formula is C45H66BN. The summed E-state index contributed by atoms with van der Waals surface area (Å²) in [6.45, 7) is 14.5. The van der Waals surface area contributed by atoms with Gasteiger partial charge in [-0.25, -0.2) is 0 Å². The minimum absolute atomic E-state index is 0.938. The minimum atomic E-state index is -0.938. The molecule has 4 aromatic rings. The van der Waals surface area contributed by atoms with Crippen molar-refractivity contribution in [3.63, 3.8) is 0 Å². The SMILES string of the molecule is CCCCCCCC[B-](c1ccccc1)(c1ccccc1)c1ccccc1.CCCC[N+](CCCC)(CCCC)Cc1ccccc1. The summed E-state index contributed by atoms with van der Waals surface area (Å²) in [7, 11) is 0. The summed E-state index contributed by atoms with van der Waals surface area (Å²) in [6, 6.07) is 44.6. The fourth-order valence-electron chi connectivity index (χ4n) is 7.68. The third-order valence-electron chi connectivity index (χ3n) is 10.4. The third-order valence-corrected chi connectivity index (χ3v) is 10.4. The summed E-state index contributed by atoms with van der Waals surface area (Å²) in [5.41, 5.74) is 5.89. The number of rotatable bonds is 21. The Hall–Kier alpha value is -3.10. The topological polar surface area (TPSA) is 0 Å². The average Bonchev–Trinajstić information content (AvgIpc) is 3.14. The average molecular weight is 632 g/mol. The molecule has 1 nitrogen and oxygen atoms in total. The van der Waals surface area contributed by atoms with Crippen LogP contribution >= 0.6 is 0 Å². The minimum Gasteiger partial charge on any atom is -0.320 e. The van der Waals surface area contributed by atoms with E-state index in [0.29, 0.717) is 0 Å². The van der Waals surface area contributed by atoms with E-state index in [1.807, 2.05) is 0 Å². The van der Waals surface area contributed by atoms with E-state index in [2.05, 4.69) is 149 Å². The van der Waals surface area contributed by atoms with Crippen LogP contribution in [0.2, 0.25) is 6.32 Å². The first kappa shape index (κ1) is 38.4. The van der Waals surface area contributed by atoms with Crippen LogP contribution in [0.1, 0.15) is 110 Å². The van der Waals surface area contributed by atoms with Crippen molar-refractivity contribution in [2.75, 3.05) is 19.6 Å². The van der Waals surface area contributed by atoms with Crippen molar-refractivity contribution in [3.05, 3.63) is 127 Å². The number of nitrogens with zero attached hydrogens (tertiary/aromatic N) is 1. The summed E-state index contributed by atoms with van der Waals surface area (Å²) < 4.78 is 1.31. The second kappa shape index (κ2) is 22.5. The van der Waals surface area contributed by atoms with Gasteiger partial charge in [-0.2, -0.15) is 22.7 Å². The standard InChI is InChI=1S/C26H32B.C19H34N/c1-2-3-4-5-6-16-23-27(24-17-10-7-11-18-24,25-19-12-8-13-20-25)26-21-14-9-15-22-26;1-4-7-15-20(16-8-5-2,17-9-6-3)18-19-13-11-10-12-14-19/h7-15,17-22H,2-6,16,23H2,1H3;10-14H,4-9,15-18H2,1-3H3/q-1;+1. The predicted octanol–water partition coefficient (Wildman–Crippen LogP) is 10.9. The first-order chi connectivity index (χ1) is 23.1. The van der Waals surface area contributed by atoms with Gasteiger partial charge in [0.25, 0.3) is 0 Å². The number of hydrogen-bond donors (Lipinski definition) is 0. The van der Waals surface area contributed by atoms with Crippen molar-refractivity contribution in [1.29, 1.82) is 0 Å². The van der Waals surface area contributed by atoms with Gasteiger partial charge in [-0.05, 0) is 19.3 Å². The highest BCUT2D eigenvalue weighted by Crippen LogP contribution is 2.21. The molecule has 0 saturated carbocycles. The van der Waals surface area contributed by atoms with Crippen LogP contribution < -0.4 is 16.4 Å². The van der Waals surface area contributed by atoms with Crippen molar-refractivity contribution in [3.8, 4) is 0 Å². The highest BCUT2D eigenvalue weighted by atomic mass is 15.3. The molecule has 0 saturated heterocycles. The molecule has 0 unspecified atom stereocenters. The molecule has 0 radical (unpaired) electrons. The molecule has 47 heavy (non-hydrogen) atoms. The predicted molar refractivity (Wildman–Crippen MR) is 212 cm³/mol. The lowest BCUT2D eigenvalue weighted by Crippen LogP contribution is -2.66. The van der Waals surface area contributed by atoms with E-state index < -0.39 is 6.15 Å². The molecule has 254 valence electrons. The van der Waals surface area contributed by atoms with Gasteiger partial charge in [0.05, 0.1) is 25.8 Å². The van der Waals surface area contributed by atoms with E-state index in [0.717, 1.165) is 0 Å². The molecule has 0 atom stereocenters. The molecule has 0 N–H and O–H groups in total. The van der Waals surface area contributed by atoms with Gasteiger partial charge in [0.2, 0.25) is 0 Å². The summed E-state index contributed by atoms with van der Waals surface area (Å²) in [5, 5.41) is 0. The Kier molecular flexibility index (Phi) is 18.3. The highest BCUT2D eigenvalue weighted by molar-refractivity contribution is 7.11. The van der Waals surface area contributed by atoms with Gasteiger partial charge in [-0.1, -0.05) is 207 Å². The van der Waals surface area contributed by atoms with E-state index >= 15 is 0 Å². The maximum Gasteiger partial charge on any atom is 0.104 e. The van der Waals surface area contributed by atoms with Crippen LogP contribution in [-0.4, -0.2) is 30.3 Å². The number of quaternary nitrogens is 1. The quantitative estimate of drug-likeness (QED) is 0.0488. The molecule has 0 aliphatic rings. The van der Waals surface area contributed by atoms with Crippen molar-refractivity contribution in [2.45, 2.75) is 118 Å². The first-order valence-electron chi connectivity index (χ1n) is 19.4. The zero-order valence-electron chi connectivity index (χ0n) is 30.6. The fraction of sp³-hybridized carbons (Fsp3) is 0.467. The first-order valence-corrected chi connectivity index (χ1v) is 19.4. The van der Waals surface area contributed by atoms with E-state index in [1.54, 1.807) is 0 Å². The normalized spacial score (nSPS) is 11.6. The molecule has 0 heterocycles. The van der Waals surface area contributed by atoms with Gasteiger partial charge < -0.3 is 4.48 Å². The monoisotopic (exact) mass is 632 g/mol. The van der Waals surface area contributed by atoms with Gasteiger partial charge in [-0.3, -0.25) is 0 Å². The molecule has 0 bridgehead atoms. The van der Waals surface area contributed by atoms with Crippen molar-refractivity contribution in [2.24, 2.45) is 0 Å². The van der Waals surface area contributed by atoms with E-state index in [-0.39, 0.29) is 0 Å². The lowest BCUT2D eigenvalue weighted by Gasteiger charge is -2.43. The smallest absolute Gasteiger partial charge is 0.104 e. The van der Waals surface area contributed by atoms with Crippen LogP contribution in [0.3, 0.4) is 0 Å². The Balaban J connectivity index is 0.000000268. The summed E-state index contributed by atoms with van der Waals surface area (Å²) in [4.78, 5) is 0. The highest BCUT2D eigenvalue weighted by Gasteiger charge is 2.29. The van der Waals surface area contributed by atoms with Crippen molar-refractivity contribution in [1.82, 2.24) is 0 Å². The van der Waals surface area contributed by atoms with Gasteiger partial charge in [0.1, 0.15) is 6.54 Å². The lowest BCUT2D eigenvalue weighted by atomic mass is 9.14. The maximum atomic E-state index is 2.33. The second-order valence-corrected chi connectivity index (χ2v) is 14.1. The summed E-state index contributed by atoms with van der Waals surface area (Å²) >= 11 is 0. The zero-order chi connectivity index (χ0) is 33.5. The van der Waals surface area contributed by atoms with E-state index in [1.165, 1.54) is 136 Å². The van der Waals surface area contributed by atoms with Crippen LogP contribution in [-0.2, 0) is 6.54 Å². The molecule has 0 amide bonds. The van der Waals surface area contributed by atoms with E-state index in [4.69, 9.17) is 0 Å². The molecule has 0 aliphatic heterocycles. The third kappa shape index (κ3) is 12.5. The molecule has 0 aliphatic carbocycles. The van der Waals surface area contributed by atoms with Gasteiger partial charge in [0.15, 0.2) is 0 Å². The van der Waals surface area contributed by atoms with Crippen LogP contribution in [0.15, 0.2) is 121 Å². The Morgan fingerprint density at radius 3 is 1.11 bits per heavy atom. The fourth-order valence-corrected chi connectivity index (χ4v) is 7.68. The van der Waals surface area contributed by atoms with Crippen LogP contribution in [0.25, 0.3) is 0 Å². The summed E-state index contributed by atoms with van der Waals surface area (Å²) in [6.07, 6.45) is 16.3. The second-order valence-electron chi connectivity index (χ2n) is 14.1. The Bertz CT molecular complexity index is 1170. The molecule has 0 fully saturated rings. The maximum absolute atomic E-state index is 2.33. The van der Waals surface area contributed by atoms with E-state index in [9.17, 15) is 0 Å². The number of benzene rings is 4.